The first kappa shape index (κ1) is 15.0. The van der Waals surface area contributed by atoms with Gasteiger partial charge in [0.05, 0.1) is 6.04 Å². The van der Waals surface area contributed by atoms with Gasteiger partial charge in [-0.15, -0.1) is 11.3 Å². The predicted octanol–water partition coefficient (Wildman–Crippen LogP) is 3.82. The number of aryl methyl sites for hydroxylation is 1. The summed E-state index contributed by atoms with van der Waals surface area (Å²) >= 11 is 1.96. The molecule has 0 amide bonds. The molecule has 0 bridgehead atoms. The molecule has 2 nitrogen and oxygen atoms in total. The van der Waals surface area contributed by atoms with Crippen LogP contribution in [0.4, 0.5) is 0 Å². The molecule has 1 aliphatic rings. The molecule has 3 heteroatoms. The molecule has 1 aromatic rings. The van der Waals surface area contributed by atoms with Gasteiger partial charge in [0.2, 0.25) is 0 Å². The molecule has 1 fully saturated rings. The highest BCUT2D eigenvalue weighted by Crippen LogP contribution is 2.34. The van der Waals surface area contributed by atoms with E-state index in [-0.39, 0.29) is 0 Å². The first-order valence-electron chi connectivity index (χ1n) is 7.70. The second-order valence-corrected chi connectivity index (χ2v) is 7.35. The molecule has 0 spiro atoms. The first-order valence-corrected chi connectivity index (χ1v) is 8.51. The van der Waals surface area contributed by atoms with E-state index >= 15 is 0 Å². The predicted molar refractivity (Wildman–Crippen MR) is 84.7 cm³/mol. The van der Waals surface area contributed by atoms with E-state index in [2.05, 4.69) is 37.8 Å². The summed E-state index contributed by atoms with van der Waals surface area (Å²) in [5.74, 6) is 0.707. The van der Waals surface area contributed by atoms with E-state index in [0.29, 0.717) is 18.0 Å². The molecule has 0 saturated carbocycles. The fourth-order valence-corrected chi connectivity index (χ4v) is 4.23. The Kier molecular flexibility index (Phi) is 5.43. The standard InChI is InChI=1S/C16H28N2S/c1-4-13-8-9-15(19-13)16-14(17)7-5-6-10-18(16)11-12(2)3/h8-9,12,14,16H,4-7,10-11,17H2,1-3H3. The van der Waals surface area contributed by atoms with Crippen LogP contribution < -0.4 is 5.73 Å². The average molecular weight is 280 g/mol. The van der Waals surface area contributed by atoms with Gasteiger partial charge >= 0.3 is 0 Å². The third-order valence-corrected chi connectivity index (χ3v) is 5.25. The van der Waals surface area contributed by atoms with Crippen molar-refractivity contribution in [2.45, 2.75) is 58.5 Å². The largest absolute Gasteiger partial charge is 0.326 e. The molecule has 0 radical (unpaired) electrons. The van der Waals surface area contributed by atoms with Crippen molar-refractivity contribution in [3.63, 3.8) is 0 Å². The van der Waals surface area contributed by atoms with Crippen LogP contribution in [-0.2, 0) is 6.42 Å². The van der Waals surface area contributed by atoms with Crippen molar-refractivity contribution in [2.24, 2.45) is 11.7 Å². The maximum absolute atomic E-state index is 6.49. The first-order chi connectivity index (χ1) is 9.11. The summed E-state index contributed by atoms with van der Waals surface area (Å²) in [5.41, 5.74) is 6.49. The normalized spacial score (nSPS) is 25.7. The third-order valence-electron chi connectivity index (χ3n) is 3.95. The molecule has 2 atom stereocenters. The van der Waals surface area contributed by atoms with Crippen LogP contribution in [0.1, 0.15) is 55.8 Å². The number of thiophene rings is 1. The molecular formula is C16H28N2S. The molecule has 2 unspecified atom stereocenters. The van der Waals surface area contributed by atoms with Gasteiger partial charge in [0.15, 0.2) is 0 Å². The van der Waals surface area contributed by atoms with E-state index in [9.17, 15) is 0 Å². The fraction of sp³-hybridized carbons (Fsp3) is 0.750. The average Bonchev–Trinajstić information content (AvgIpc) is 2.75. The maximum Gasteiger partial charge on any atom is 0.0593 e. The Morgan fingerprint density at radius 2 is 2.16 bits per heavy atom. The summed E-state index contributed by atoms with van der Waals surface area (Å²) < 4.78 is 0. The van der Waals surface area contributed by atoms with Crippen molar-refractivity contribution in [1.82, 2.24) is 4.90 Å². The zero-order valence-corrected chi connectivity index (χ0v) is 13.4. The van der Waals surface area contributed by atoms with Gasteiger partial charge in [0, 0.05) is 22.3 Å². The van der Waals surface area contributed by atoms with Gasteiger partial charge in [0.25, 0.3) is 0 Å². The van der Waals surface area contributed by atoms with Crippen LogP contribution in [0.2, 0.25) is 0 Å². The smallest absolute Gasteiger partial charge is 0.0593 e. The molecule has 2 heterocycles. The lowest BCUT2D eigenvalue weighted by Gasteiger charge is -2.34. The van der Waals surface area contributed by atoms with Crippen molar-refractivity contribution >= 4 is 11.3 Å². The van der Waals surface area contributed by atoms with Gasteiger partial charge in [-0.05, 0) is 43.9 Å². The Morgan fingerprint density at radius 1 is 1.37 bits per heavy atom. The van der Waals surface area contributed by atoms with Gasteiger partial charge in [-0.2, -0.15) is 0 Å². The molecule has 1 saturated heterocycles. The lowest BCUT2D eigenvalue weighted by molar-refractivity contribution is 0.168. The van der Waals surface area contributed by atoms with Crippen molar-refractivity contribution in [1.29, 1.82) is 0 Å². The van der Waals surface area contributed by atoms with Crippen molar-refractivity contribution in [3.05, 3.63) is 21.9 Å². The summed E-state index contributed by atoms with van der Waals surface area (Å²) in [7, 11) is 0. The highest BCUT2D eigenvalue weighted by molar-refractivity contribution is 7.12. The van der Waals surface area contributed by atoms with Gasteiger partial charge in [-0.25, -0.2) is 0 Å². The van der Waals surface area contributed by atoms with Crippen LogP contribution >= 0.6 is 11.3 Å². The number of rotatable bonds is 4. The minimum absolute atomic E-state index is 0.296. The van der Waals surface area contributed by atoms with E-state index in [0.717, 1.165) is 13.0 Å². The van der Waals surface area contributed by atoms with Gasteiger partial charge < -0.3 is 5.73 Å². The van der Waals surface area contributed by atoms with Crippen LogP contribution in [0.5, 0.6) is 0 Å². The van der Waals surface area contributed by atoms with Gasteiger partial charge in [0.1, 0.15) is 0 Å². The zero-order valence-electron chi connectivity index (χ0n) is 12.6. The van der Waals surface area contributed by atoms with Gasteiger partial charge in [-0.3, -0.25) is 4.90 Å². The lowest BCUT2D eigenvalue weighted by atomic mass is 10.0. The van der Waals surface area contributed by atoms with E-state index in [4.69, 9.17) is 5.73 Å². The number of likely N-dealkylation sites (tertiary alicyclic amines) is 1. The van der Waals surface area contributed by atoms with Gasteiger partial charge in [-0.1, -0.05) is 27.2 Å². The molecular weight excluding hydrogens is 252 g/mol. The van der Waals surface area contributed by atoms with Crippen LogP contribution in [0.25, 0.3) is 0 Å². The molecule has 1 aliphatic heterocycles. The van der Waals surface area contributed by atoms with E-state index in [1.54, 1.807) is 0 Å². The Morgan fingerprint density at radius 3 is 2.79 bits per heavy atom. The Balaban J connectivity index is 2.22. The molecule has 0 aliphatic carbocycles. The molecule has 1 aromatic heterocycles. The Bertz CT molecular complexity index is 386. The van der Waals surface area contributed by atoms with Crippen LogP contribution in [-0.4, -0.2) is 24.0 Å². The van der Waals surface area contributed by atoms with Crippen molar-refractivity contribution in [2.75, 3.05) is 13.1 Å². The summed E-state index contributed by atoms with van der Waals surface area (Å²) in [6, 6.07) is 5.33. The van der Waals surface area contributed by atoms with E-state index in [1.807, 2.05) is 11.3 Å². The lowest BCUT2D eigenvalue weighted by Crippen LogP contribution is -2.41. The maximum atomic E-state index is 6.49. The molecule has 2 N–H and O–H groups in total. The number of hydrogen-bond donors (Lipinski definition) is 1. The van der Waals surface area contributed by atoms with E-state index in [1.165, 1.54) is 35.6 Å². The van der Waals surface area contributed by atoms with E-state index < -0.39 is 0 Å². The highest BCUT2D eigenvalue weighted by Gasteiger charge is 2.30. The summed E-state index contributed by atoms with van der Waals surface area (Å²) in [4.78, 5) is 5.59. The second kappa shape index (κ2) is 6.87. The SMILES string of the molecule is CCc1ccc(C2C(N)CCCCN2CC(C)C)s1. The highest BCUT2D eigenvalue weighted by atomic mass is 32.1. The number of hydrogen-bond acceptors (Lipinski definition) is 3. The number of nitrogens with two attached hydrogens (primary N) is 1. The zero-order chi connectivity index (χ0) is 13.8. The van der Waals surface area contributed by atoms with Crippen LogP contribution in [0.15, 0.2) is 12.1 Å². The monoisotopic (exact) mass is 280 g/mol. The fourth-order valence-electron chi connectivity index (χ4n) is 3.07. The Hall–Kier alpha value is -0.380. The Labute approximate surface area is 122 Å². The molecule has 108 valence electrons. The van der Waals surface area contributed by atoms with Crippen LogP contribution in [0, 0.1) is 5.92 Å². The number of nitrogens with zero attached hydrogens (tertiary/aromatic N) is 1. The quantitative estimate of drug-likeness (QED) is 0.908. The summed E-state index contributed by atoms with van der Waals surface area (Å²) in [5, 5.41) is 0. The second-order valence-electron chi connectivity index (χ2n) is 6.15. The van der Waals surface area contributed by atoms with Crippen molar-refractivity contribution < 1.29 is 0 Å². The minimum Gasteiger partial charge on any atom is -0.326 e. The summed E-state index contributed by atoms with van der Waals surface area (Å²) in [6.07, 6.45) is 4.87. The summed E-state index contributed by atoms with van der Waals surface area (Å²) in [6.45, 7) is 9.21. The van der Waals surface area contributed by atoms with Crippen LogP contribution in [0.3, 0.4) is 0 Å². The molecule has 2 rings (SSSR count). The topological polar surface area (TPSA) is 29.3 Å². The molecule has 0 aromatic carbocycles. The van der Waals surface area contributed by atoms with Crippen molar-refractivity contribution in [3.8, 4) is 0 Å². The third kappa shape index (κ3) is 3.80. The molecule has 19 heavy (non-hydrogen) atoms. The minimum atomic E-state index is 0.296.